The summed E-state index contributed by atoms with van der Waals surface area (Å²) in [5.74, 6) is -0.631. The molecular weight excluding hydrogens is 341 g/mol. The van der Waals surface area contributed by atoms with Gasteiger partial charge in [-0.1, -0.05) is 22.4 Å². The minimum atomic E-state index is -0.434. The summed E-state index contributed by atoms with van der Waals surface area (Å²) in [6.45, 7) is 0.608. The van der Waals surface area contributed by atoms with Crippen molar-refractivity contribution in [3.63, 3.8) is 0 Å². The van der Waals surface area contributed by atoms with Gasteiger partial charge in [-0.05, 0) is 31.0 Å². The van der Waals surface area contributed by atoms with Gasteiger partial charge in [0.05, 0.1) is 16.7 Å². The number of anilines is 2. The first-order valence-electron chi connectivity index (χ1n) is 6.70. The smallest absolute Gasteiger partial charge is 0.230 e. The van der Waals surface area contributed by atoms with Crippen LogP contribution >= 0.6 is 15.9 Å². The molecule has 0 aliphatic carbocycles. The van der Waals surface area contributed by atoms with Gasteiger partial charge in [-0.25, -0.2) is 4.39 Å². The van der Waals surface area contributed by atoms with Gasteiger partial charge >= 0.3 is 0 Å². The topological polar surface area (TPSA) is 84.2 Å². The molecule has 0 unspecified atom stereocenters. The van der Waals surface area contributed by atoms with Crippen molar-refractivity contribution < 1.29 is 14.0 Å². The molecule has 0 atom stereocenters. The second-order valence-electron chi connectivity index (χ2n) is 4.57. The van der Waals surface area contributed by atoms with Crippen LogP contribution in [0.15, 0.2) is 18.2 Å². The maximum atomic E-state index is 12.9. The predicted molar refractivity (Wildman–Crippen MR) is 84.7 cm³/mol. The van der Waals surface area contributed by atoms with Crippen molar-refractivity contribution in [3.8, 4) is 0 Å². The molecule has 0 radical (unpaired) electrons. The number of carbonyl (C=O) groups is 2. The van der Waals surface area contributed by atoms with E-state index in [9.17, 15) is 14.0 Å². The Kier molecular flexibility index (Phi) is 7.74. The zero-order valence-corrected chi connectivity index (χ0v) is 13.2. The first kappa shape index (κ1) is 17.4. The van der Waals surface area contributed by atoms with Crippen LogP contribution in [-0.2, 0) is 9.59 Å². The molecule has 0 saturated heterocycles. The average Bonchev–Trinajstić information content (AvgIpc) is 2.45. The summed E-state index contributed by atoms with van der Waals surface area (Å²) in [5.41, 5.74) is 6.24. The summed E-state index contributed by atoms with van der Waals surface area (Å²) in [6.07, 6.45) is 2.75. The predicted octanol–water partition coefficient (Wildman–Crippen LogP) is 2.42. The minimum Gasteiger partial charge on any atom is -0.397 e. The van der Waals surface area contributed by atoms with E-state index in [0.717, 1.165) is 19.3 Å². The first-order chi connectivity index (χ1) is 10.0. The van der Waals surface area contributed by atoms with Gasteiger partial charge in [-0.2, -0.15) is 0 Å². The van der Waals surface area contributed by atoms with Crippen LogP contribution in [0.4, 0.5) is 15.8 Å². The molecule has 0 spiro atoms. The van der Waals surface area contributed by atoms with Crippen LogP contribution < -0.4 is 16.4 Å². The van der Waals surface area contributed by atoms with E-state index in [1.54, 1.807) is 0 Å². The van der Waals surface area contributed by atoms with E-state index in [4.69, 9.17) is 5.73 Å². The molecule has 21 heavy (non-hydrogen) atoms. The number of rotatable bonds is 8. The molecule has 1 aromatic carbocycles. The normalized spacial score (nSPS) is 10.2. The van der Waals surface area contributed by atoms with E-state index >= 15 is 0 Å². The zero-order chi connectivity index (χ0) is 15.7. The van der Waals surface area contributed by atoms with Gasteiger partial charge in [0.1, 0.15) is 5.82 Å². The van der Waals surface area contributed by atoms with E-state index in [1.165, 1.54) is 18.2 Å². The Morgan fingerprint density at radius 2 is 1.95 bits per heavy atom. The molecule has 2 amide bonds. The molecule has 4 N–H and O–H groups in total. The number of nitrogens with two attached hydrogens (primary N) is 1. The standard InChI is InChI=1S/C14H19BrFN3O2/c15-9-14(21)18-7-3-1-2-4-13(20)19-12-6-5-10(16)8-11(12)17/h5-6,8H,1-4,7,9,17H2,(H,18,21)(H,19,20). The fourth-order valence-corrected chi connectivity index (χ4v) is 1.92. The van der Waals surface area contributed by atoms with Gasteiger partial charge in [-0.15, -0.1) is 0 Å². The lowest BCUT2D eigenvalue weighted by molar-refractivity contribution is -0.118. The fourth-order valence-electron chi connectivity index (χ4n) is 1.72. The highest BCUT2D eigenvalue weighted by atomic mass is 79.9. The van der Waals surface area contributed by atoms with Gasteiger partial charge in [0.15, 0.2) is 0 Å². The summed E-state index contributed by atoms with van der Waals surface area (Å²) >= 11 is 3.06. The van der Waals surface area contributed by atoms with Crippen molar-refractivity contribution in [2.75, 3.05) is 22.9 Å². The number of benzene rings is 1. The van der Waals surface area contributed by atoms with Crippen LogP contribution in [0.1, 0.15) is 25.7 Å². The van der Waals surface area contributed by atoms with Crippen molar-refractivity contribution in [2.45, 2.75) is 25.7 Å². The maximum absolute atomic E-state index is 12.9. The number of unbranched alkanes of at least 4 members (excludes halogenated alkanes) is 2. The van der Waals surface area contributed by atoms with Gasteiger partial charge < -0.3 is 16.4 Å². The molecule has 7 heteroatoms. The average molecular weight is 360 g/mol. The number of nitrogen functional groups attached to an aromatic ring is 1. The van der Waals surface area contributed by atoms with E-state index < -0.39 is 5.82 Å². The number of halogens is 2. The lowest BCUT2D eigenvalue weighted by atomic mass is 10.2. The van der Waals surface area contributed by atoms with E-state index in [2.05, 4.69) is 26.6 Å². The number of hydrogen-bond donors (Lipinski definition) is 3. The van der Waals surface area contributed by atoms with E-state index in [0.29, 0.717) is 24.0 Å². The molecule has 0 aliphatic rings. The van der Waals surface area contributed by atoms with Crippen LogP contribution in [0.2, 0.25) is 0 Å². The third-order valence-electron chi connectivity index (χ3n) is 2.81. The Bertz CT molecular complexity index is 497. The van der Waals surface area contributed by atoms with Crippen LogP contribution in [-0.4, -0.2) is 23.7 Å². The Balaban J connectivity index is 2.18. The molecule has 5 nitrogen and oxygen atoms in total. The number of amides is 2. The van der Waals surface area contributed by atoms with Gasteiger partial charge in [0.25, 0.3) is 0 Å². The quantitative estimate of drug-likeness (QED) is 0.378. The highest BCUT2D eigenvalue weighted by molar-refractivity contribution is 9.09. The highest BCUT2D eigenvalue weighted by Gasteiger charge is 2.06. The number of carbonyl (C=O) groups excluding carboxylic acids is 2. The van der Waals surface area contributed by atoms with Gasteiger partial charge in [0.2, 0.25) is 11.8 Å². The molecule has 1 rings (SSSR count). The Labute approximate surface area is 131 Å². The molecule has 0 aromatic heterocycles. The Morgan fingerprint density at radius 1 is 1.19 bits per heavy atom. The summed E-state index contributed by atoms with van der Waals surface area (Å²) in [4.78, 5) is 22.7. The summed E-state index contributed by atoms with van der Waals surface area (Å²) in [5, 5.41) is 5.68. The van der Waals surface area contributed by atoms with Crippen molar-refractivity contribution in [3.05, 3.63) is 24.0 Å². The van der Waals surface area contributed by atoms with Crippen LogP contribution in [0, 0.1) is 5.82 Å². The minimum absolute atomic E-state index is 0.0421. The SMILES string of the molecule is Nc1cc(F)ccc1NC(=O)CCCCCNC(=O)CBr. The lowest BCUT2D eigenvalue weighted by Crippen LogP contribution is -2.25. The van der Waals surface area contributed by atoms with Crippen LogP contribution in [0.5, 0.6) is 0 Å². The molecule has 116 valence electrons. The molecule has 0 fully saturated rings. The largest absolute Gasteiger partial charge is 0.397 e. The number of alkyl halides is 1. The fraction of sp³-hybridized carbons (Fsp3) is 0.429. The number of nitrogens with one attached hydrogen (secondary N) is 2. The molecule has 0 bridgehead atoms. The van der Waals surface area contributed by atoms with Crippen LogP contribution in [0.25, 0.3) is 0 Å². The number of hydrogen-bond acceptors (Lipinski definition) is 3. The highest BCUT2D eigenvalue weighted by Crippen LogP contribution is 2.19. The van der Waals surface area contributed by atoms with Crippen molar-refractivity contribution >= 4 is 39.1 Å². The summed E-state index contributed by atoms with van der Waals surface area (Å²) in [6, 6.07) is 3.86. The first-order valence-corrected chi connectivity index (χ1v) is 7.82. The second kappa shape index (κ2) is 9.33. The van der Waals surface area contributed by atoms with E-state index in [-0.39, 0.29) is 17.5 Å². The molecular formula is C14H19BrFN3O2. The summed E-state index contributed by atoms with van der Waals surface area (Å²) in [7, 11) is 0. The van der Waals surface area contributed by atoms with Crippen LogP contribution in [0.3, 0.4) is 0 Å². The van der Waals surface area contributed by atoms with Gasteiger partial charge in [0, 0.05) is 13.0 Å². The monoisotopic (exact) mass is 359 g/mol. The van der Waals surface area contributed by atoms with Gasteiger partial charge in [-0.3, -0.25) is 9.59 Å². The third kappa shape index (κ3) is 7.08. The Hall–Kier alpha value is -1.63. The maximum Gasteiger partial charge on any atom is 0.230 e. The molecule has 0 aliphatic heterocycles. The Morgan fingerprint density at radius 3 is 2.62 bits per heavy atom. The summed E-state index contributed by atoms with van der Waals surface area (Å²) < 4.78 is 12.9. The zero-order valence-electron chi connectivity index (χ0n) is 11.6. The van der Waals surface area contributed by atoms with Crippen molar-refractivity contribution in [1.82, 2.24) is 5.32 Å². The van der Waals surface area contributed by atoms with E-state index in [1.807, 2.05) is 0 Å². The molecule has 0 heterocycles. The molecule has 1 aromatic rings. The lowest BCUT2D eigenvalue weighted by Gasteiger charge is -2.08. The third-order valence-corrected chi connectivity index (χ3v) is 3.32. The molecule has 0 saturated carbocycles. The van der Waals surface area contributed by atoms with Crippen molar-refractivity contribution in [1.29, 1.82) is 0 Å². The van der Waals surface area contributed by atoms with Crippen molar-refractivity contribution in [2.24, 2.45) is 0 Å². The second-order valence-corrected chi connectivity index (χ2v) is 5.13.